The molecule has 0 saturated carbocycles. The number of aliphatic hydroxyl groups excluding tert-OH is 1. The van der Waals surface area contributed by atoms with Gasteiger partial charge in [-0.05, 0) is 31.2 Å². The average molecular weight is 339 g/mol. The van der Waals surface area contributed by atoms with Crippen LogP contribution in [0.5, 0.6) is 0 Å². The molecule has 3 heterocycles. The molecule has 4 rings (SSSR count). The maximum atomic E-state index is 13.1. The summed E-state index contributed by atoms with van der Waals surface area (Å²) in [6, 6.07) is 9.90. The first-order valence-electron chi connectivity index (χ1n) is 9.25. The molecular weight excluding hydrogens is 314 g/mol. The molecule has 0 radical (unpaired) electrons. The summed E-state index contributed by atoms with van der Waals surface area (Å²) in [5.74, 6) is 0.314. The predicted molar refractivity (Wildman–Crippen MR) is 94.8 cm³/mol. The van der Waals surface area contributed by atoms with Crippen LogP contribution < -0.4 is 0 Å². The summed E-state index contributed by atoms with van der Waals surface area (Å²) in [6.07, 6.45) is 7.52. The molecule has 3 unspecified atom stereocenters. The molecule has 25 heavy (non-hydrogen) atoms. The quantitative estimate of drug-likeness (QED) is 0.931. The third-order valence-electron chi connectivity index (χ3n) is 5.66. The molecule has 5 nitrogen and oxygen atoms in total. The standard InChI is InChI=1S/C20H25N3O2/c24-19(15-5-2-1-3-6-15)12-17-7-4-9-23(17)20(25)16-8-10-22-14-21-13-18(22)11-16/h1-3,5-6,13-14,16-17,19,24H,4,7-12H2. The summed E-state index contributed by atoms with van der Waals surface area (Å²) in [6.45, 7) is 1.69. The number of aromatic nitrogens is 2. The fourth-order valence-electron chi connectivity index (χ4n) is 4.25. The maximum Gasteiger partial charge on any atom is 0.226 e. The number of amides is 1. The number of aliphatic hydroxyl groups is 1. The van der Waals surface area contributed by atoms with Gasteiger partial charge in [-0.1, -0.05) is 30.3 Å². The monoisotopic (exact) mass is 339 g/mol. The molecule has 132 valence electrons. The number of carbonyl (C=O) groups is 1. The van der Waals surface area contributed by atoms with Crippen molar-refractivity contribution >= 4 is 5.91 Å². The Morgan fingerprint density at radius 3 is 2.92 bits per heavy atom. The highest BCUT2D eigenvalue weighted by molar-refractivity contribution is 5.79. The number of nitrogens with zero attached hydrogens (tertiary/aromatic N) is 3. The minimum absolute atomic E-state index is 0.0543. The van der Waals surface area contributed by atoms with E-state index < -0.39 is 6.10 Å². The molecule has 2 aliphatic heterocycles. The molecule has 0 spiro atoms. The largest absolute Gasteiger partial charge is 0.388 e. The van der Waals surface area contributed by atoms with Crippen LogP contribution in [0.1, 0.15) is 43.0 Å². The first-order valence-corrected chi connectivity index (χ1v) is 9.25. The van der Waals surface area contributed by atoms with Crippen molar-refractivity contribution in [2.24, 2.45) is 5.92 Å². The highest BCUT2D eigenvalue weighted by atomic mass is 16.3. The van der Waals surface area contributed by atoms with Crippen molar-refractivity contribution in [3.05, 3.63) is 54.1 Å². The molecule has 1 saturated heterocycles. The van der Waals surface area contributed by atoms with Gasteiger partial charge in [-0.3, -0.25) is 4.79 Å². The molecule has 1 aromatic carbocycles. The second-order valence-electron chi connectivity index (χ2n) is 7.26. The van der Waals surface area contributed by atoms with E-state index >= 15 is 0 Å². The summed E-state index contributed by atoms with van der Waals surface area (Å²) in [5, 5.41) is 10.5. The number of hydrogen-bond acceptors (Lipinski definition) is 3. The van der Waals surface area contributed by atoms with Crippen LogP contribution in [0.4, 0.5) is 0 Å². The molecule has 1 aromatic heterocycles. The Hall–Kier alpha value is -2.14. The zero-order valence-corrected chi connectivity index (χ0v) is 14.4. The number of benzene rings is 1. The highest BCUT2D eigenvalue weighted by Crippen LogP contribution is 2.30. The fourth-order valence-corrected chi connectivity index (χ4v) is 4.25. The van der Waals surface area contributed by atoms with Gasteiger partial charge >= 0.3 is 0 Å². The van der Waals surface area contributed by atoms with Crippen LogP contribution in [0.3, 0.4) is 0 Å². The minimum atomic E-state index is -0.507. The number of carbonyl (C=O) groups excluding carboxylic acids is 1. The lowest BCUT2D eigenvalue weighted by molar-refractivity contribution is -0.137. The SMILES string of the molecule is O=C(C1CCn2cncc2C1)N1CCCC1CC(O)c1ccccc1. The fraction of sp³-hybridized carbons (Fsp3) is 0.500. The van der Waals surface area contributed by atoms with Crippen LogP contribution in [0, 0.1) is 5.92 Å². The van der Waals surface area contributed by atoms with Crippen LogP contribution in [-0.2, 0) is 17.8 Å². The molecule has 5 heteroatoms. The molecule has 3 atom stereocenters. The second-order valence-corrected chi connectivity index (χ2v) is 7.26. The molecule has 1 fully saturated rings. The normalized spacial score (nSPS) is 24.1. The van der Waals surface area contributed by atoms with E-state index in [-0.39, 0.29) is 17.9 Å². The van der Waals surface area contributed by atoms with Gasteiger partial charge < -0.3 is 14.6 Å². The third kappa shape index (κ3) is 3.33. The van der Waals surface area contributed by atoms with Gasteiger partial charge in [-0.2, -0.15) is 0 Å². The van der Waals surface area contributed by atoms with E-state index in [2.05, 4.69) is 9.55 Å². The van der Waals surface area contributed by atoms with E-state index in [1.165, 1.54) is 0 Å². The smallest absolute Gasteiger partial charge is 0.226 e. The van der Waals surface area contributed by atoms with Crippen molar-refractivity contribution in [1.29, 1.82) is 0 Å². The first kappa shape index (κ1) is 16.3. The van der Waals surface area contributed by atoms with Gasteiger partial charge in [0.1, 0.15) is 0 Å². The Morgan fingerprint density at radius 1 is 1.24 bits per heavy atom. The molecule has 2 aromatic rings. The summed E-state index contributed by atoms with van der Waals surface area (Å²) < 4.78 is 2.14. The van der Waals surface area contributed by atoms with Crippen molar-refractivity contribution in [1.82, 2.24) is 14.5 Å². The van der Waals surface area contributed by atoms with Gasteiger partial charge in [0.25, 0.3) is 0 Å². The van der Waals surface area contributed by atoms with E-state index in [0.29, 0.717) is 6.42 Å². The van der Waals surface area contributed by atoms with Gasteiger partial charge in [0.05, 0.1) is 12.4 Å². The Kier molecular flexibility index (Phi) is 4.57. The highest BCUT2D eigenvalue weighted by Gasteiger charge is 2.35. The molecule has 2 aliphatic rings. The Balaban J connectivity index is 1.42. The predicted octanol–water partition coefficient (Wildman–Crippen LogP) is 2.56. The molecule has 1 amide bonds. The van der Waals surface area contributed by atoms with Crippen molar-refractivity contribution in [3.8, 4) is 0 Å². The second kappa shape index (κ2) is 7.00. The van der Waals surface area contributed by atoms with Crippen LogP contribution in [-0.4, -0.2) is 38.1 Å². The molecule has 0 bridgehead atoms. The molecule has 0 aliphatic carbocycles. The van der Waals surface area contributed by atoms with E-state index in [1.807, 2.05) is 47.8 Å². The van der Waals surface area contributed by atoms with Gasteiger partial charge in [-0.15, -0.1) is 0 Å². The number of rotatable bonds is 4. The van der Waals surface area contributed by atoms with E-state index in [1.54, 1.807) is 0 Å². The zero-order chi connectivity index (χ0) is 17.2. The van der Waals surface area contributed by atoms with Crippen molar-refractivity contribution < 1.29 is 9.90 Å². The topological polar surface area (TPSA) is 58.4 Å². The number of likely N-dealkylation sites (tertiary alicyclic amines) is 1. The zero-order valence-electron chi connectivity index (χ0n) is 14.4. The average Bonchev–Trinajstić information content (AvgIpc) is 3.30. The number of hydrogen-bond donors (Lipinski definition) is 1. The summed E-state index contributed by atoms with van der Waals surface area (Å²) >= 11 is 0. The van der Waals surface area contributed by atoms with Crippen molar-refractivity contribution in [2.45, 2.75) is 50.8 Å². The lowest BCUT2D eigenvalue weighted by Crippen LogP contribution is -2.42. The number of aryl methyl sites for hydroxylation is 1. The van der Waals surface area contributed by atoms with E-state index in [0.717, 1.165) is 50.0 Å². The summed E-state index contributed by atoms with van der Waals surface area (Å²) in [7, 11) is 0. The van der Waals surface area contributed by atoms with Crippen molar-refractivity contribution in [3.63, 3.8) is 0 Å². The summed E-state index contributed by atoms with van der Waals surface area (Å²) in [4.78, 5) is 19.3. The first-order chi connectivity index (χ1) is 12.2. The van der Waals surface area contributed by atoms with E-state index in [9.17, 15) is 9.90 Å². The van der Waals surface area contributed by atoms with Gasteiger partial charge in [-0.25, -0.2) is 4.98 Å². The summed E-state index contributed by atoms with van der Waals surface area (Å²) in [5.41, 5.74) is 2.09. The van der Waals surface area contributed by atoms with Crippen LogP contribution >= 0.6 is 0 Å². The number of fused-ring (bicyclic) bond motifs is 1. The Morgan fingerprint density at radius 2 is 2.08 bits per heavy atom. The van der Waals surface area contributed by atoms with E-state index in [4.69, 9.17) is 0 Å². The number of imidazole rings is 1. The third-order valence-corrected chi connectivity index (χ3v) is 5.66. The molecule has 1 N–H and O–H groups in total. The van der Waals surface area contributed by atoms with Crippen LogP contribution in [0.2, 0.25) is 0 Å². The molecular formula is C20H25N3O2. The maximum absolute atomic E-state index is 13.1. The Labute approximate surface area is 148 Å². The Bertz CT molecular complexity index is 728. The minimum Gasteiger partial charge on any atom is -0.388 e. The van der Waals surface area contributed by atoms with Crippen LogP contribution in [0.15, 0.2) is 42.9 Å². The lowest BCUT2D eigenvalue weighted by Gasteiger charge is -2.32. The van der Waals surface area contributed by atoms with Gasteiger partial charge in [0, 0.05) is 43.4 Å². The van der Waals surface area contributed by atoms with Crippen molar-refractivity contribution in [2.75, 3.05) is 6.54 Å². The van der Waals surface area contributed by atoms with Crippen LogP contribution in [0.25, 0.3) is 0 Å². The van der Waals surface area contributed by atoms with Gasteiger partial charge in [0.2, 0.25) is 5.91 Å². The lowest BCUT2D eigenvalue weighted by atomic mass is 9.93. The van der Waals surface area contributed by atoms with Gasteiger partial charge in [0.15, 0.2) is 0 Å².